The highest BCUT2D eigenvalue weighted by atomic mass is 32.2. The van der Waals surface area contributed by atoms with Gasteiger partial charge in [0.25, 0.3) is 0 Å². The van der Waals surface area contributed by atoms with Crippen LogP contribution < -0.4 is 4.90 Å². The second-order valence-corrected chi connectivity index (χ2v) is 6.42. The van der Waals surface area contributed by atoms with Crippen LogP contribution in [0.15, 0.2) is 24.3 Å². The molecule has 0 aliphatic carbocycles. The molecule has 0 unspecified atom stereocenters. The average Bonchev–Trinajstić information content (AvgIpc) is 2.46. The SMILES string of the molecule is O=S1CCN(c2nc(C(F)(F)F)nc3ccccc23)CC1. The molecular formula is C13H12F3N3OS. The van der Waals surface area contributed by atoms with Crippen molar-refractivity contribution in [1.82, 2.24) is 9.97 Å². The standard InChI is InChI=1S/C13H12F3N3OS/c14-13(15,16)12-17-10-4-2-1-3-9(10)11(18-12)19-5-7-21(20)8-6-19/h1-4H,5-8H2. The van der Waals surface area contributed by atoms with Crippen LogP contribution in [0.1, 0.15) is 5.82 Å². The van der Waals surface area contributed by atoms with Crippen LogP contribution in [0.2, 0.25) is 0 Å². The second-order valence-electron chi connectivity index (χ2n) is 4.72. The normalized spacial score (nSPS) is 17.4. The van der Waals surface area contributed by atoms with E-state index in [0.717, 1.165) is 0 Å². The van der Waals surface area contributed by atoms with Gasteiger partial charge in [0.15, 0.2) is 0 Å². The molecule has 2 heterocycles. The molecule has 0 bridgehead atoms. The fourth-order valence-electron chi connectivity index (χ4n) is 2.28. The number of nitrogens with zero attached hydrogens (tertiary/aromatic N) is 3. The van der Waals surface area contributed by atoms with E-state index >= 15 is 0 Å². The molecule has 1 saturated heterocycles. The van der Waals surface area contributed by atoms with Crippen molar-refractivity contribution < 1.29 is 17.4 Å². The van der Waals surface area contributed by atoms with Crippen molar-refractivity contribution in [2.75, 3.05) is 29.5 Å². The summed E-state index contributed by atoms with van der Waals surface area (Å²) in [4.78, 5) is 9.06. The number of anilines is 1. The maximum Gasteiger partial charge on any atom is 0.451 e. The van der Waals surface area contributed by atoms with Crippen LogP contribution in [-0.2, 0) is 17.0 Å². The number of hydrogen-bond donors (Lipinski definition) is 0. The molecule has 1 aromatic carbocycles. The number of fused-ring (bicyclic) bond motifs is 1. The van der Waals surface area contributed by atoms with E-state index in [4.69, 9.17) is 0 Å². The van der Waals surface area contributed by atoms with E-state index in [1.54, 1.807) is 23.1 Å². The second kappa shape index (κ2) is 5.25. The first kappa shape index (κ1) is 14.2. The van der Waals surface area contributed by atoms with E-state index in [1.807, 2.05) is 0 Å². The molecule has 4 nitrogen and oxygen atoms in total. The first-order chi connectivity index (χ1) is 9.95. The van der Waals surface area contributed by atoms with Crippen LogP contribution in [0.25, 0.3) is 10.9 Å². The molecule has 0 radical (unpaired) electrons. The van der Waals surface area contributed by atoms with Gasteiger partial charge >= 0.3 is 6.18 Å². The molecule has 0 saturated carbocycles. The van der Waals surface area contributed by atoms with Gasteiger partial charge in [0.2, 0.25) is 5.82 Å². The third-order valence-electron chi connectivity index (χ3n) is 3.31. The lowest BCUT2D eigenvalue weighted by molar-refractivity contribution is -0.144. The van der Waals surface area contributed by atoms with Crippen molar-refractivity contribution >= 4 is 27.5 Å². The minimum atomic E-state index is -4.59. The van der Waals surface area contributed by atoms with Crippen LogP contribution in [0, 0.1) is 0 Å². The Morgan fingerprint density at radius 2 is 1.76 bits per heavy atom. The Morgan fingerprint density at radius 3 is 2.43 bits per heavy atom. The average molecular weight is 315 g/mol. The minimum absolute atomic E-state index is 0.265. The monoisotopic (exact) mass is 315 g/mol. The Kier molecular flexibility index (Phi) is 3.56. The summed E-state index contributed by atoms with van der Waals surface area (Å²) < 4.78 is 50.2. The van der Waals surface area contributed by atoms with Gasteiger partial charge in [-0.05, 0) is 12.1 Å². The van der Waals surface area contributed by atoms with E-state index in [1.165, 1.54) is 6.07 Å². The van der Waals surface area contributed by atoms with Crippen molar-refractivity contribution in [2.45, 2.75) is 6.18 Å². The molecule has 112 valence electrons. The van der Waals surface area contributed by atoms with Gasteiger partial charge in [0, 0.05) is 40.8 Å². The number of halogens is 3. The van der Waals surface area contributed by atoms with Gasteiger partial charge in [-0.3, -0.25) is 4.21 Å². The van der Waals surface area contributed by atoms with Gasteiger partial charge in [-0.2, -0.15) is 13.2 Å². The van der Waals surface area contributed by atoms with E-state index in [-0.39, 0.29) is 11.3 Å². The van der Waals surface area contributed by atoms with Gasteiger partial charge in [-0.1, -0.05) is 12.1 Å². The van der Waals surface area contributed by atoms with Crippen LogP contribution in [0.5, 0.6) is 0 Å². The van der Waals surface area contributed by atoms with Crippen molar-refractivity contribution in [3.8, 4) is 0 Å². The Labute approximate surface area is 121 Å². The lowest BCUT2D eigenvalue weighted by Crippen LogP contribution is -2.38. The molecule has 0 spiro atoms. The summed E-state index contributed by atoms with van der Waals surface area (Å²) in [7, 11) is -0.898. The van der Waals surface area contributed by atoms with Crippen LogP contribution >= 0.6 is 0 Å². The third kappa shape index (κ3) is 2.85. The van der Waals surface area contributed by atoms with Gasteiger partial charge in [-0.25, -0.2) is 9.97 Å². The largest absolute Gasteiger partial charge is 0.451 e. The minimum Gasteiger partial charge on any atom is -0.354 e. The van der Waals surface area contributed by atoms with Crippen LogP contribution in [0.3, 0.4) is 0 Å². The maximum absolute atomic E-state index is 12.9. The zero-order valence-corrected chi connectivity index (χ0v) is 11.7. The van der Waals surface area contributed by atoms with E-state index in [9.17, 15) is 17.4 Å². The summed E-state index contributed by atoms with van der Waals surface area (Å²) >= 11 is 0. The molecule has 1 aromatic heterocycles. The number of hydrogen-bond acceptors (Lipinski definition) is 4. The van der Waals surface area contributed by atoms with E-state index in [0.29, 0.717) is 30.0 Å². The Hall–Kier alpha value is -1.70. The summed E-state index contributed by atoms with van der Waals surface area (Å²) in [6.07, 6.45) is -4.59. The van der Waals surface area contributed by atoms with Gasteiger partial charge in [0.05, 0.1) is 5.52 Å². The van der Waals surface area contributed by atoms with Crippen molar-refractivity contribution in [1.29, 1.82) is 0 Å². The fraction of sp³-hybridized carbons (Fsp3) is 0.385. The molecular weight excluding hydrogens is 303 g/mol. The first-order valence-electron chi connectivity index (χ1n) is 6.39. The fourth-order valence-corrected chi connectivity index (χ4v) is 3.33. The third-order valence-corrected chi connectivity index (χ3v) is 4.59. The molecule has 1 fully saturated rings. The predicted molar refractivity (Wildman–Crippen MR) is 74.6 cm³/mol. The predicted octanol–water partition coefficient (Wildman–Crippen LogP) is 2.22. The highest BCUT2D eigenvalue weighted by molar-refractivity contribution is 7.85. The van der Waals surface area contributed by atoms with Gasteiger partial charge in [0.1, 0.15) is 5.82 Å². The Morgan fingerprint density at radius 1 is 1.10 bits per heavy atom. The molecule has 2 aromatic rings. The summed E-state index contributed by atoms with van der Waals surface area (Å²) in [6, 6.07) is 6.63. The van der Waals surface area contributed by atoms with Crippen molar-refractivity contribution in [3.05, 3.63) is 30.1 Å². The van der Waals surface area contributed by atoms with E-state index < -0.39 is 22.8 Å². The smallest absolute Gasteiger partial charge is 0.354 e. The highest BCUT2D eigenvalue weighted by Crippen LogP contribution is 2.31. The zero-order valence-electron chi connectivity index (χ0n) is 10.9. The summed E-state index contributed by atoms with van der Waals surface area (Å²) in [5.74, 6) is 0.0202. The molecule has 0 amide bonds. The van der Waals surface area contributed by atoms with E-state index in [2.05, 4.69) is 9.97 Å². The number of alkyl halides is 3. The van der Waals surface area contributed by atoms with Crippen molar-refractivity contribution in [3.63, 3.8) is 0 Å². The number of rotatable bonds is 1. The molecule has 3 rings (SSSR count). The lowest BCUT2D eigenvalue weighted by Gasteiger charge is -2.28. The molecule has 1 aliphatic heterocycles. The van der Waals surface area contributed by atoms with Crippen molar-refractivity contribution in [2.24, 2.45) is 0 Å². The summed E-state index contributed by atoms with van der Waals surface area (Å²) in [5.41, 5.74) is 0.265. The highest BCUT2D eigenvalue weighted by Gasteiger charge is 2.36. The maximum atomic E-state index is 12.9. The summed E-state index contributed by atoms with van der Waals surface area (Å²) in [5, 5.41) is 0.582. The lowest BCUT2D eigenvalue weighted by atomic mass is 10.2. The molecule has 21 heavy (non-hydrogen) atoms. The number of aromatic nitrogens is 2. The molecule has 1 aliphatic rings. The zero-order chi connectivity index (χ0) is 15.0. The Bertz CT molecular complexity index is 695. The number of benzene rings is 1. The quantitative estimate of drug-likeness (QED) is 0.809. The number of para-hydroxylation sites is 1. The van der Waals surface area contributed by atoms with Crippen LogP contribution in [-0.4, -0.2) is 38.8 Å². The Balaban J connectivity index is 2.13. The van der Waals surface area contributed by atoms with Gasteiger partial charge in [-0.15, -0.1) is 0 Å². The topological polar surface area (TPSA) is 46.1 Å². The first-order valence-corrected chi connectivity index (χ1v) is 7.88. The summed E-state index contributed by atoms with van der Waals surface area (Å²) in [6.45, 7) is 0.871. The molecule has 0 N–H and O–H groups in total. The van der Waals surface area contributed by atoms with Crippen LogP contribution in [0.4, 0.5) is 19.0 Å². The molecule has 0 atom stereocenters. The van der Waals surface area contributed by atoms with Gasteiger partial charge < -0.3 is 4.90 Å². The molecule has 8 heteroatoms.